The van der Waals surface area contributed by atoms with E-state index in [1.54, 1.807) is 36.4 Å². The molecule has 0 aliphatic carbocycles. The van der Waals surface area contributed by atoms with Crippen LogP contribution >= 0.6 is 47.2 Å². The molecule has 0 unspecified atom stereocenters. The minimum Gasteiger partial charge on any atom is -0.465 e. The number of thioether (sulfide) groups is 1. The number of amides is 2. The van der Waals surface area contributed by atoms with Gasteiger partial charge in [0.15, 0.2) is 0 Å². The number of nitrogens with one attached hydrogen (secondary N) is 1. The maximum absolute atomic E-state index is 12.4. The lowest BCUT2D eigenvalue weighted by molar-refractivity contribution is -0.122. The number of anilines is 1. The van der Waals surface area contributed by atoms with Gasteiger partial charge in [-0.05, 0) is 30.3 Å². The highest BCUT2D eigenvalue weighted by Gasteiger charge is 2.32. The molecule has 0 radical (unpaired) electrons. The van der Waals surface area contributed by atoms with Crippen LogP contribution in [0.15, 0.2) is 45.9 Å². The van der Waals surface area contributed by atoms with E-state index in [1.165, 1.54) is 22.9 Å². The van der Waals surface area contributed by atoms with Crippen LogP contribution < -0.4 is 5.32 Å². The molecule has 134 valence electrons. The Balaban J connectivity index is 1.58. The fraction of sp³-hybridized carbons (Fsp3) is 0.118. The third-order valence-corrected chi connectivity index (χ3v) is 5.57. The number of benzene rings is 1. The number of hydrogen-bond donors (Lipinski definition) is 1. The first-order valence-electron chi connectivity index (χ1n) is 7.48. The minimum absolute atomic E-state index is 0.0979. The Morgan fingerprint density at radius 1 is 1.31 bits per heavy atom. The number of carbonyl (C=O) groups is 2. The number of halogens is 2. The molecule has 1 saturated heterocycles. The first-order valence-corrected chi connectivity index (χ1v) is 9.46. The van der Waals surface area contributed by atoms with Crippen LogP contribution in [0.5, 0.6) is 0 Å². The van der Waals surface area contributed by atoms with E-state index < -0.39 is 0 Å². The quantitative estimate of drug-likeness (QED) is 0.548. The summed E-state index contributed by atoms with van der Waals surface area (Å²) in [6, 6.07) is 8.30. The van der Waals surface area contributed by atoms with Crippen LogP contribution in [0, 0.1) is 0 Å². The number of rotatable bonds is 5. The van der Waals surface area contributed by atoms with Gasteiger partial charge in [-0.2, -0.15) is 0 Å². The summed E-state index contributed by atoms with van der Waals surface area (Å²) in [4.78, 5) is 26.4. The molecular formula is C17H12Cl2N2O3S2. The Morgan fingerprint density at radius 2 is 2.12 bits per heavy atom. The Morgan fingerprint density at radius 3 is 2.81 bits per heavy atom. The van der Waals surface area contributed by atoms with Crippen LogP contribution in [-0.4, -0.2) is 27.6 Å². The maximum atomic E-state index is 12.4. The second kappa shape index (κ2) is 8.26. The molecule has 2 heterocycles. The standard InChI is InChI=1S/C17H12Cl2N2O3S2/c18-12-4-3-10(8-13(12)19)20-15(22)5-6-21-16(23)14(26-17(21)25)9-11-2-1-7-24-11/h1-4,7-9H,5-6H2,(H,20,22)/b14-9+. The van der Waals surface area contributed by atoms with Gasteiger partial charge in [-0.15, -0.1) is 0 Å². The Bertz CT molecular complexity index is 897. The number of carbonyl (C=O) groups excluding carboxylic acids is 2. The maximum Gasteiger partial charge on any atom is 0.266 e. The first-order chi connectivity index (χ1) is 12.4. The van der Waals surface area contributed by atoms with E-state index >= 15 is 0 Å². The van der Waals surface area contributed by atoms with Crippen molar-refractivity contribution in [2.45, 2.75) is 6.42 Å². The molecule has 1 aromatic carbocycles. The molecule has 0 saturated carbocycles. The van der Waals surface area contributed by atoms with Gasteiger partial charge >= 0.3 is 0 Å². The summed E-state index contributed by atoms with van der Waals surface area (Å²) in [6.07, 6.45) is 3.26. The van der Waals surface area contributed by atoms with E-state index in [-0.39, 0.29) is 24.8 Å². The molecule has 0 bridgehead atoms. The van der Waals surface area contributed by atoms with Gasteiger partial charge in [0.2, 0.25) is 5.91 Å². The topological polar surface area (TPSA) is 62.6 Å². The zero-order valence-corrected chi connectivity index (χ0v) is 16.3. The highest BCUT2D eigenvalue weighted by atomic mass is 35.5. The van der Waals surface area contributed by atoms with Crippen molar-refractivity contribution in [3.63, 3.8) is 0 Å². The summed E-state index contributed by atoms with van der Waals surface area (Å²) in [7, 11) is 0. The second-order valence-electron chi connectivity index (χ2n) is 5.28. The van der Waals surface area contributed by atoms with Crippen LogP contribution in [0.4, 0.5) is 5.69 Å². The van der Waals surface area contributed by atoms with E-state index in [0.29, 0.717) is 30.7 Å². The molecule has 3 rings (SSSR count). The summed E-state index contributed by atoms with van der Waals surface area (Å²) in [5.74, 6) is 0.0778. The molecule has 2 aromatic rings. The van der Waals surface area contributed by atoms with E-state index in [2.05, 4.69) is 5.32 Å². The summed E-state index contributed by atoms with van der Waals surface area (Å²) in [5, 5.41) is 3.47. The van der Waals surface area contributed by atoms with Crippen molar-refractivity contribution < 1.29 is 14.0 Å². The van der Waals surface area contributed by atoms with Gasteiger partial charge in [-0.25, -0.2) is 0 Å². The fourth-order valence-electron chi connectivity index (χ4n) is 2.21. The van der Waals surface area contributed by atoms with Gasteiger partial charge < -0.3 is 9.73 Å². The van der Waals surface area contributed by atoms with Crippen molar-refractivity contribution in [2.75, 3.05) is 11.9 Å². The van der Waals surface area contributed by atoms with E-state index in [9.17, 15) is 9.59 Å². The third kappa shape index (κ3) is 4.48. The average Bonchev–Trinajstić information content (AvgIpc) is 3.19. The largest absolute Gasteiger partial charge is 0.465 e. The zero-order chi connectivity index (χ0) is 18.7. The number of hydrogen-bond acceptors (Lipinski definition) is 5. The molecule has 0 spiro atoms. The smallest absolute Gasteiger partial charge is 0.266 e. The molecular weight excluding hydrogens is 415 g/mol. The third-order valence-electron chi connectivity index (χ3n) is 3.46. The van der Waals surface area contributed by atoms with Crippen LogP contribution in [-0.2, 0) is 9.59 Å². The molecule has 1 aliphatic heterocycles. The van der Waals surface area contributed by atoms with Crippen molar-refractivity contribution in [1.29, 1.82) is 0 Å². The molecule has 2 amide bonds. The van der Waals surface area contributed by atoms with Gasteiger partial charge in [-0.1, -0.05) is 47.2 Å². The highest BCUT2D eigenvalue weighted by molar-refractivity contribution is 8.26. The summed E-state index contributed by atoms with van der Waals surface area (Å²) in [6.45, 7) is 0.188. The van der Waals surface area contributed by atoms with Gasteiger partial charge in [0, 0.05) is 24.7 Å². The van der Waals surface area contributed by atoms with Crippen molar-refractivity contribution in [2.24, 2.45) is 0 Å². The summed E-state index contributed by atoms with van der Waals surface area (Å²) >= 11 is 18.2. The molecule has 9 heteroatoms. The van der Waals surface area contributed by atoms with Crippen molar-refractivity contribution in [3.8, 4) is 0 Å². The fourth-order valence-corrected chi connectivity index (χ4v) is 3.79. The molecule has 26 heavy (non-hydrogen) atoms. The number of furan rings is 1. The molecule has 0 atom stereocenters. The Labute approximate surface area is 169 Å². The lowest BCUT2D eigenvalue weighted by Crippen LogP contribution is -2.31. The first kappa shape index (κ1) is 19.0. The summed E-state index contributed by atoms with van der Waals surface area (Å²) < 4.78 is 5.62. The monoisotopic (exact) mass is 426 g/mol. The van der Waals surface area contributed by atoms with Gasteiger partial charge in [0.25, 0.3) is 5.91 Å². The van der Waals surface area contributed by atoms with Gasteiger partial charge in [-0.3, -0.25) is 14.5 Å². The predicted octanol–water partition coefficient (Wildman–Crippen LogP) is 4.82. The average molecular weight is 427 g/mol. The Hall–Kier alpha value is -1.80. The second-order valence-corrected chi connectivity index (χ2v) is 7.77. The van der Waals surface area contributed by atoms with Crippen molar-refractivity contribution in [3.05, 3.63) is 57.3 Å². The van der Waals surface area contributed by atoms with Crippen LogP contribution in [0.1, 0.15) is 12.2 Å². The zero-order valence-electron chi connectivity index (χ0n) is 13.2. The Kier molecular flexibility index (Phi) is 6.03. The normalized spacial score (nSPS) is 15.8. The van der Waals surface area contributed by atoms with Crippen molar-refractivity contribution >= 4 is 75.1 Å². The number of thiocarbonyl (C=S) groups is 1. The van der Waals surface area contributed by atoms with Gasteiger partial charge in [0.05, 0.1) is 21.2 Å². The van der Waals surface area contributed by atoms with Crippen molar-refractivity contribution in [1.82, 2.24) is 4.90 Å². The van der Waals surface area contributed by atoms with Crippen LogP contribution in [0.3, 0.4) is 0 Å². The van der Waals surface area contributed by atoms with Gasteiger partial charge in [0.1, 0.15) is 10.1 Å². The molecule has 5 nitrogen and oxygen atoms in total. The van der Waals surface area contributed by atoms with E-state index in [0.717, 1.165) is 0 Å². The lowest BCUT2D eigenvalue weighted by atomic mass is 10.3. The highest BCUT2D eigenvalue weighted by Crippen LogP contribution is 2.32. The molecule has 1 N–H and O–H groups in total. The predicted molar refractivity (Wildman–Crippen MR) is 108 cm³/mol. The number of nitrogens with zero attached hydrogens (tertiary/aromatic N) is 1. The molecule has 1 aliphatic rings. The molecule has 1 aromatic heterocycles. The van der Waals surface area contributed by atoms with Crippen LogP contribution in [0.2, 0.25) is 10.0 Å². The SMILES string of the molecule is O=C(CCN1C(=O)/C(=C\c2ccco2)SC1=S)Nc1ccc(Cl)c(Cl)c1. The van der Waals surface area contributed by atoms with Crippen LogP contribution in [0.25, 0.3) is 6.08 Å². The lowest BCUT2D eigenvalue weighted by Gasteiger charge is -2.14. The summed E-state index contributed by atoms with van der Waals surface area (Å²) in [5.41, 5.74) is 0.535. The minimum atomic E-state index is -0.257. The van der Waals surface area contributed by atoms with E-state index in [1.807, 2.05) is 0 Å². The molecule has 1 fully saturated rings. The van der Waals surface area contributed by atoms with E-state index in [4.69, 9.17) is 39.8 Å².